The third-order valence-corrected chi connectivity index (χ3v) is 4.05. The number of carboxylic acids is 1. The summed E-state index contributed by atoms with van der Waals surface area (Å²) in [5.74, 6) is -1.54. The van der Waals surface area contributed by atoms with E-state index in [1.54, 1.807) is 6.92 Å². The van der Waals surface area contributed by atoms with E-state index in [-0.39, 0.29) is 5.69 Å². The maximum absolute atomic E-state index is 11.7. The van der Waals surface area contributed by atoms with Gasteiger partial charge in [-0.05, 0) is 25.5 Å². The SMILES string of the molecule is Cc1ccc([N+](=O)[O-])c(NS(=O)(=O)C(C)C(=O)O)c1. The molecule has 0 aliphatic rings. The second-order valence-electron chi connectivity index (χ2n) is 3.91. The zero-order valence-electron chi connectivity index (χ0n) is 10.2. The summed E-state index contributed by atoms with van der Waals surface area (Å²) in [5, 5.41) is 17.7. The summed E-state index contributed by atoms with van der Waals surface area (Å²) in [6.45, 7) is 2.61. The number of anilines is 1. The third kappa shape index (κ3) is 3.41. The monoisotopic (exact) mass is 288 g/mol. The van der Waals surface area contributed by atoms with Crippen molar-refractivity contribution in [2.24, 2.45) is 0 Å². The Morgan fingerprint density at radius 3 is 2.53 bits per heavy atom. The number of hydrogen-bond acceptors (Lipinski definition) is 5. The van der Waals surface area contributed by atoms with Crippen LogP contribution in [-0.4, -0.2) is 29.7 Å². The summed E-state index contributed by atoms with van der Waals surface area (Å²) in [4.78, 5) is 20.7. The Kier molecular flexibility index (Phi) is 4.10. The van der Waals surface area contributed by atoms with Gasteiger partial charge in [0.1, 0.15) is 5.69 Å². The van der Waals surface area contributed by atoms with Crippen LogP contribution in [0.1, 0.15) is 12.5 Å². The third-order valence-electron chi connectivity index (χ3n) is 2.41. The molecule has 0 spiro atoms. The van der Waals surface area contributed by atoms with Gasteiger partial charge in [0.2, 0.25) is 10.0 Å². The van der Waals surface area contributed by atoms with Crippen molar-refractivity contribution < 1.29 is 23.2 Å². The molecule has 1 aromatic carbocycles. The van der Waals surface area contributed by atoms with Crippen LogP contribution in [-0.2, 0) is 14.8 Å². The number of nitro benzene ring substituents is 1. The van der Waals surface area contributed by atoms with Crippen molar-refractivity contribution in [2.45, 2.75) is 19.1 Å². The van der Waals surface area contributed by atoms with Crippen molar-refractivity contribution in [3.05, 3.63) is 33.9 Å². The summed E-state index contributed by atoms with van der Waals surface area (Å²) < 4.78 is 25.4. The second-order valence-corrected chi connectivity index (χ2v) is 5.91. The molecule has 0 saturated heterocycles. The van der Waals surface area contributed by atoms with E-state index in [0.29, 0.717) is 5.56 Å². The van der Waals surface area contributed by atoms with Crippen LogP contribution in [0.2, 0.25) is 0 Å². The number of hydrogen-bond donors (Lipinski definition) is 2. The van der Waals surface area contributed by atoms with Crippen LogP contribution in [0.4, 0.5) is 11.4 Å². The van der Waals surface area contributed by atoms with Gasteiger partial charge in [-0.2, -0.15) is 0 Å². The molecule has 0 heterocycles. The highest BCUT2D eigenvalue weighted by atomic mass is 32.2. The van der Waals surface area contributed by atoms with E-state index in [1.807, 2.05) is 4.72 Å². The minimum absolute atomic E-state index is 0.252. The molecule has 1 unspecified atom stereocenters. The fourth-order valence-electron chi connectivity index (χ4n) is 1.27. The van der Waals surface area contributed by atoms with Gasteiger partial charge < -0.3 is 5.11 Å². The fraction of sp³-hybridized carbons (Fsp3) is 0.300. The number of carbonyl (C=O) groups is 1. The summed E-state index contributed by atoms with van der Waals surface area (Å²) in [5.41, 5.74) is -0.0869. The number of nitrogens with zero attached hydrogens (tertiary/aromatic N) is 1. The molecule has 0 radical (unpaired) electrons. The zero-order chi connectivity index (χ0) is 14.8. The first-order valence-corrected chi connectivity index (χ1v) is 6.69. The molecule has 0 aliphatic carbocycles. The van der Waals surface area contributed by atoms with Crippen LogP contribution in [0.15, 0.2) is 18.2 Å². The van der Waals surface area contributed by atoms with E-state index in [1.165, 1.54) is 12.1 Å². The lowest BCUT2D eigenvalue weighted by atomic mass is 10.2. The smallest absolute Gasteiger partial charge is 0.323 e. The van der Waals surface area contributed by atoms with E-state index in [9.17, 15) is 23.3 Å². The van der Waals surface area contributed by atoms with Crippen LogP contribution in [0.5, 0.6) is 0 Å². The molecular weight excluding hydrogens is 276 g/mol. The van der Waals surface area contributed by atoms with Gasteiger partial charge in [0, 0.05) is 6.07 Å². The van der Waals surface area contributed by atoms with Crippen LogP contribution >= 0.6 is 0 Å². The first-order chi connectivity index (χ1) is 8.65. The predicted octanol–water partition coefficient (Wildman–Crippen LogP) is 1.12. The first-order valence-electron chi connectivity index (χ1n) is 5.14. The number of aliphatic carboxylic acids is 1. The number of benzene rings is 1. The lowest BCUT2D eigenvalue weighted by Crippen LogP contribution is -2.32. The predicted molar refractivity (Wildman–Crippen MR) is 67.5 cm³/mol. The molecule has 104 valence electrons. The van der Waals surface area contributed by atoms with Crippen LogP contribution in [0.25, 0.3) is 0 Å². The van der Waals surface area contributed by atoms with Gasteiger partial charge in [-0.3, -0.25) is 19.6 Å². The van der Waals surface area contributed by atoms with Gasteiger partial charge in [0.25, 0.3) is 5.69 Å². The molecule has 1 aromatic rings. The molecule has 0 amide bonds. The van der Waals surface area contributed by atoms with E-state index < -0.39 is 31.9 Å². The van der Waals surface area contributed by atoms with Crippen molar-refractivity contribution in [1.82, 2.24) is 0 Å². The molecular formula is C10H12N2O6S. The van der Waals surface area contributed by atoms with Crippen molar-refractivity contribution in [3.8, 4) is 0 Å². The molecule has 8 nitrogen and oxygen atoms in total. The number of nitro groups is 1. The maximum atomic E-state index is 11.7. The molecule has 1 rings (SSSR count). The quantitative estimate of drug-likeness (QED) is 0.617. The molecule has 0 fully saturated rings. The highest BCUT2D eigenvalue weighted by molar-refractivity contribution is 7.94. The average molecular weight is 288 g/mol. The van der Waals surface area contributed by atoms with Gasteiger partial charge in [-0.15, -0.1) is 0 Å². The molecule has 0 aliphatic heterocycles. The van der Waals surface area contributed by atoms with Crippen LogP contribution < -0.4 is 4.72 Å². The van der Waals surface area contributed by atoms with Crippen molar-refractivity contribution in [1.29, 1.82) is 0 Å². The Balaban J connectivity index is 3.22. The first kappa shape index (κ1) is 14.9. The Morgan fingerprint density at radius 1 is 1.47 bits per heavy atom. The number of rotatable bonds is 5. The number of aryl methyl sites for hydroxylation is 1. The van der Waals surface area contributed by atoms with Crippen molar-refractivity contribution >= 4 is 27.4 Å². The fourth-order valence-corrected chi connectivity index (χ4v) is 2.18. The number of nitrogens with one attached hydrogen (secondary N) is 1. The van der Waals surface area contributed by atoms with Crippen molar-refractivity contribution in [2.75, 3.05) is 4.72 Å². The average Bonchev–Trinajstić information content (AvgIpc) is 2.26. The summed E-state index contributed by atoms with van der Waals surface area (Å²) >= 11 is 0. The van der Waals surface area contributed by atoms with Gasteiger partial charge in [-0.25, -0.2) is 8.42 Å². The summed E-state index contributed by atoms with van der Waals surface area (Å²) in [6, 6.07) is 3.87. The van der Waals surface area contributed by atoms with Crippen LogP contribution in [0.3, 0.4) is 0 Å². The zero-order valence-corrected chi connectivity index (χ0v) is 11.0. The van der Waals surface area contributed by atoms with Gasteiger partial charge in [0.15, 0.2) is 5.25 Å². The van der Waals surface area contributed by atoms with Crippen LogP contribution in [0, 0.1) is 17.0 Å². The molecule has 9 heteroatoms. The van der Waals surface area contributed by atoms with Crippen molar-refractivity contribution in [3.63, 3.8) is 0 Å². The lowest BCUT2D eigenvalue weighted by molar-refractivity contribution is -0.383. The topological polar surface area (TPSA) is 127 Å². The Labute approximate surface area is 109 Å². The standard InChI is InChI=1S/C10H12N2O6S/c1-6-3-4-9(12(15)16)8(5-6)11-19(17,18)7(2)10(13)14/h3-5,7,11H,1-2H3,(H,13,14). The van der Waals surface area contributed by atoms with Gasteiger partial charge in [-0.1, -0.05) is 6.07 Å². The molecule has 2 N–H and O–H groups in total. The largest absolute Gasteiger partial charge is 0.480 e. The normalized spacial score (nSPS) is 12.7. The van der Waals surface area contributed by atoms with E-state index in [4.69, 9.17) is 5.11 Å². The Bertz CT molecular complexity index is 625. The molecule has 0 bridgehead atoms. The Hall–Kier alpha value is -2.16. The summed E-state index contributed by atoms with van der Waals surface area (Å²) in [6.07, 6.45) is 0. The second kappa shape index (κ2) is 5.22. The molecule has 19 heavy (non-hydrogen) atoms. The Morgan fingerprint density at radius 2 is 2.05 bits per heavy atom. The van der Waals surface area contributed by atoms with E-state index >= 15 is 0 Å². The molecule has 1 atom stereocenters. The number of sulfonamides is 1. The highest BCUT2D eigenvalue weighted by Crippen LogP contribution is 2.26. The van der Waals surface area contributed by atoms with E-state index in [0.717, 1.165) is 13.0 Å². The summed E-state index contributed by atoms with van der Waals surface area (Å²) in [7, 11) is -4.24. The number of carboxylic acid groups (broad SMARTS) is 1. The lowest BCUT2D eigenvalue weighted by Gasteiger charge is -2.11. The molecule has 0 aromatic heterocycles. The molecule has 0 saturated carbocycles. The highest BCUT2D eigenvalue weighted by Gasteiger charge is 2.29. The van der Waals surface area contributed by atoms with E-state index in [2.05, 4.69) is 0 Å². The van der Waals surface area contributed by atoms with Gasteiger partial charge in [0.05, 0.1) is 4.92 Å². The minimum Gasteiger partial charge on any atom is -0.480 e. The van der Waals surface area contributed by atoms with Gasteiger partial charge >= 0.3 is 5.97 Å². The minimum atomic E-state index is -4.24. The maximum Gasteiger partial charge on any atom is 0.323 e.